The second kappa shape index (κ2) is 8.40. The van der Waals surface area contributed by atoms with E-state index in [9.17, 15) is 31.6 Å². The fourth-order valence-corrected chi connectivity index (χ4v) is 5.20. The van der Waals surface area contributed by atoms with E-state index in [0.29, 0.717) is 24.0 Å². The van der Waals surface area contributed by atoms with Gasteiger partial charge in [0, 0.05) is 12.3 Å². The molecule has 0 bridgehead atoms. The van der Waals surface area contributed by atoms with Gasteiger partial charge < -0.3 is 4.90 Å². The molecule has 3 atom stereocenters. The quantitative estimate of drug-likeness (QED) is 0.660. The highest BCUT2D eigenvalue weighted by molar-refractivity contribution is 7.90. The lowest BCUT2D eigenvalue weighted by Crippen LogP contribution is -2.48. The van der Waals surface area contributed by atoms with Crippen molar-refractivity contribution in [1.82, 2.24) is 10.2 Å². The van der Waals surface area contributed by atoms with Gasteiger partial charge in [0.05, 0.1) is 17.0 Å². The summed E-state index contributed by atoms with van der Waals surface area (Å²) in [6.07, 6.45) is -2.26. The summed E-state index contributed by atoms with van der Waals surface area (Å²) in [4.78, 5) is 14.5. The molecule has 10 heteroatoms. The van der Waals surface area contributed by atoms with Crippen LogP contribution in [0.25, 0.3) is 11.1 Å². The van der Waals surface area contributed by atoms with Gasteiger partial charge in [-0.1, -0.05) is 36.4 Å². The Kier molecular flexibility index (Phi) is 5.98. The average Bonchev–Trinajstić information content (AvgIpc) is 3.50. The first-order chi connectivity index (χ1) is 15.9. The molecular formula is C24H24F3N3O3S. The van der Waals surface area contributed by atoms with E-state index in [1.807, 2.05) is 0 Å². The topological polar surface area (TPSA) is 90.3 Å². The van der Waals surface area contributed by atoms with Crippen LogP contribution in [0.5, 0.6) is 0 Å². The molecule has 1 aliphatic carbocycles. The second-order valence-corrected chi connectivity index (χ2v) is 11.1. The summed E-state index contributed by atoms with van der Waals surface area (Å²) in [6, 6.07) is 10.6. The van der Waals surface area contributed by atoms with Crippen molar-refractivity contribution in [1.29, 1.82) is 5.26 Å². The molecule has 1 saturated carbocycles. The molecule has 1 amide bonds. The van der Waals surface area contributed by atoms with Crippen LogP contribution in [0.3, 0.4) is 0 Å². The number of halogens is 3. The number of alkyl halides is 3. The number of rotatable bonds is 6. The van der Waals surface area contributed by atoms with Crippen molar-refractivity contribution < 1.29 is 26.4 Å². The molecule has 1 aliphatic heterocycles. The molecule has 0 spiro atoms. The van der Waals surface area contributed by atoms with Crippen molar-refractivity contribution in [2.45, 2.75) is 60.9 Å². The van der Waals surface area contributed by atoms with Gasteiger partial charge in [-0.3, -0.25) is 10.1 Å². The maximum absolute atomic E-state index is 14.0. The fourth-order valence-electron chi connectivity index (χ4n) is 4.57. The summed E-state index contributed by atoms with van der Waals surface area (Å²) in [7, 11) is -3.35. The van der Waals surface area contributed by atoms with Crippen LogP contribution in [0, 0.1) is 11.3 Å². The smallest absolute Gasteiger partial charge is 0.320 e. The molecule has 1 saturated heterocycles. The van der Waals surface area contributed by atoms with Crippen molar-refractivity contribution in [3.63, 3.8) is 0 Å². The van der Waals surface area contributed by atoms with Gasteiger partial charge in [0.2, 0.25) is 5.91 Å². The molecule has 2 aliphatic rings. The number of carbonyl (C=O) groups is 1. The van der Waals surface area contributed by atoms with E-state index < -0.39 is 39.5 Å². The minimum Gasteiger partial charge on any atom is -0.320 e. The number of benzene rings is 2. The van der Waals surface area contributed by atoms with Gasteiger partial charge in [-0.25, -0.2) is 8.42 Å². The minimum absolute atomic E-state index is 0.0377. The number of nitrogens with zero attached hydrogens (tertiary/aromatic N) is 2. The Morgan fingerprint density at radius 3 is 2.06 bits per heavy atom. The molecule has 1 heterocycles. The number of hydrogen-bond acceptors (Lipinski definition) is 5. The predicted molar refractivity (Wildman–Crippen MR) is 119 cm³/mol. The van der Waals surface area contributed by atoms with Crippen LogP contribution in [0.15, 0.2) is 53.4 Å². The largest absolute Gasteiger partial charge is 0.407 e. The number of hydrogen-bond donors (Lipinski definition) is 1. The van der Waals surface area contributed by atoms with Crippen LogP contribution >= 0.6 is 0 Å². The van der Waals surface area contributed by atoms with Crippen molar-refractivity contribution in [2.24, 2.45) is 0 Å². The average molecular weight is 492 g/mol. The molecule has 0 aromatic heterocycles. The van der Waals surface area contributed by atoms with E-state index in [4.69, 9.17) is 0 Å². The van der Waals surface area contributed by atoms with Gasteiger partial charge in [0.15, 0.2) is 9.84 Å². The van der Waals surface area contributed by atoms with E-state index in [-0.39, 0.29) is 22.9 Å². The Morgan fingerprint density at radius 1 is 1.09 bits per heavy atom. The highest BCUT2D eigenvalue weighted by atomic mass is 32.2. The van der Waals surface area contributed by atoms with E-state index in [1.165, 1.54) is 41.3 Å². The van der Waals surface area contributed by atoms with Gasteiger partial charge in [0.25, 0.3) is 0 Å². The van der Waals surface area contributed by atoms with Crippen LogP contribution in [-0.4, -0.2) is 49.3 Å². The van der Waals surface area contributed by atoms with Gasteiger partial charge in [-0.05, 0) is 55.0 Å². The third-order valence-electron chi connectivity index (χ3n) is 6.50. The van der Waals surface area contributed by atoms with Crippen molar-refractivity contribution >= 4 is 15.7 Å². The maximum atomic E-state index is 14.0. The summed E-state index contributed by atoms with van der Waals surface area (Å²) in [5.74, 6) is -0.469. The lowest BCUT2D eigenvalue weighted by atomic mass is 9.99. The zero-order valence-electron chi connectivity index (χ0n) is 18.6. The SMILES string of the molecule is CC1C[C@H](N[C@@H](c2ccc(-c3ccc(S(C)(=O)=O)cc3)cc2)C(F)(F)F)C(=O)N1C1(C#N)CC1. The van der Waals surface area contributed by atoms with Crippen molar-refractivity contribution in [3.8, 4) is 17.2 Å². The fraction of sp³-hybridized carbons (Fsp3) is 0.417. The zero-order chi connectivity index (χ0) is 24.9. The Morgan fingerprint density at radius 2 is 1.62 bits per heavy atom. The van der Waals surface area contributed by atoms with Crippen LogP contribution in [0.2, 0.25) is 0 Å². The van der Waals surface area contributed by atoms with E-state index in [0.717, 1.165) is 6.26 Å². The van der Waals surface area contributed by atoms with Crippen LogP contribution in [0.1, 0.15) is 37.8 Å². The normalized spacial score (nSPS) is 22.9. The van der Waals surface area contributed by atoms with Gasteiger partial charge >= 0.3 is 6.18 Å². The van der Waals surface area contributed by atoms with Crippen molar-refractivity contribution in [2.75, 3.05) is 6.26 Å². The summed E-state index contributed by atoms with van der Waals surface area (Å²) in [6.45, 7) is 1.75. The highest BCUT2D eigenvalue weighted by Crippen LogP contribution is 2.46. The molecule has 1 N–H and O–H groups in total. The number of nitriles is 1. The first kappa shape index (κ1) is 24.2. The molecule has 6 nitrogen and oxygen atoms in total. The predicted octanol–water partition coefficient (Wildman–Crippen LogP) is 4.00. The molecule has 0 radical (unpaired) electrons. The molecule has 2 aromatic rings. The zero-order valence-corrected chi connectivity index (χ0v) is 19.4. The summed E-state index contributed by atoms with van der Waals surface area (Å²) >= 11 is 0. The monoisotopic (exact) mass is 491 g/mol. The summed E-state index contributed by atoms with van der Waals surface area (Å²) in [5.41, 5.74) is 0.377. The first-order valence-electron chi connectivity index (χ1n) is 10.8. The summed E-state index contributed by atoms with van der Waals surface area (Å²) < 4.78 is 65.2. The van der Waals surface area contributed by atoms with Gasteiger partial charge in [-0.15, -0.1) is 0 Å². The third-order valence-corrected chi connectivity index (χ3v) is 7.63. The minimum atomic E-state index is -4.64. The number of sulfone groups is 1. The Labute approximate surface area is 196 Å². The van der Waals surface area contributed by atoms with E-state index in [1.54, 1.807) is 19.1 Å². The van der Waals surface area contributed by atoms with Crippen LogP contribution in [-0.2, 0) is 14.6 Å². The molecule has 2 aromatic carbocycles. The Balaban J connectivity index is 1.55. The Bertz CT molecular complexity index is 1230. The van der Waals surface area contributed by atoms with Gasteiger partial charge in [0.1, 0.15) is 11.6 Å². The molecule has 180 valence electrons. The third kappa shape index (κ3) is 4.55. The van der Waals surface area contributed by atoms with Crippen molar-refractivity contribution in [3.05, 3.63) is 54.1 Å². The molecule has 4 rings (SSSR count). The molecule has 34 heavy (non-hydrogen) atoms. The molecular weight excluding hydrogens is 467 g/mol. The summed E-state index contributed by atoms with van der Waals surface area (Å²) in [5, 5.41) is 11.9. The Hall–Kier alpha value is -2.90. The van der Waals surface area contributed by atoms with E-state index in [2.05, 4.69) is 11.4 Å². The highest BCUT2D eigenvalue weighted by Gasteiger charge is 2.57. The lowest BCUT2D eigenvalue weighted by Gasteiger charge is -2.27. The number of likely N-dealkylation sites (tertiary alicyclic amines) is 1. The molecule has 2 fully saturated rings. The number of carbonyl (C=O) groups excluding carboxylic acids is 1. The number of amides is 1. The standard InChI is InChI=1S/C24H24F3N3O3S/c1-15-13-20(22(31)30(15)23(14-28)11-12-23)29-21(24(25,26)27)18-5-3-16(4-6-18)17-7-9-19(10-8-17)34(2,32)33/h3-10,15,20-21,29H,11-13H2,1-2H3/t15?,20-,21-/m0/s1. The molecule has 1 unspecified atom stereocenters. The van der Waals surface area contributed by atoms with Crippen LogP contribution < -0.4 is 5.32 Å². The van der Waals surface area contributed by atoms with E-state index >= 15 is 0 Å². The van der Waals surface area contributed by atoms with Gasteiger partial charge in [-0.2, -0.15) is 18.4 Å². The second-order valence-electron chi connectivity index (χ2n) is 9.05. The maximum Gasteiger partial charge on any atom is 0.407 e. The lowest BCUT2D eigenvalue weighted by molar-refractivity contribution is -0.161. The van der Waals surface area contributed by atoms with Crippen LogP contribution in [0.4, 0.5) is 13.2 Å². The number of nitrogens with one attached hydrogen (secondary N) is 1. The first-order valence-corrected chi connectivity index (χ1v) is 12.7.